The predicted molar refractivity (Wildman–Crippen MR) is 101 cm³/mol. The van der Waals surface area contributed by atoms with Crippen LogP contribution in [0.25, 0.3) is 5.57 Å². The van der Waals surface area contributed by atoms with Crippen molar-refractivity contribution in [3.63, 3.8) is 0 Å². The second-order valence-electron chi connectivity index (χ2n) is 6.85. The van der Waals surface area contributed by atoms with Gasteiger partial charge in [-0.2, -0.15) is 0 Å². The normalized spacial score (nSPS) is 20.7. The van der Waals surface area contributed by atoms with Crippen LogP contribution in [0.4, 0.5) is 10.1 Å². The van der Waals surface area contributed by atoms with E-state index in [1.165, 1.54) is 19.2 Å². The van der Waals surface area contributed by atoms with Gasteiger partial charge < -0.3 is 14.4 Å². The van der Waals surface area contributed by atoms with Gasteiger partial charge >= 0.3 is 0 Å². The molecule has 138 valence electrons. The van der Waals surface area contributed by atoms with Crippen LogP contribution in [-0.4, -0.2) is 36.8 Å². The topological polar surface area (TPSA) is 51.1 Å². The maximum absolute atomic E-state index is 13.3. The lowest BCUT2D eigenvalue weighted by Crippen LogP contribution is -2.43. The summed E-state index contributed by atoms with van der Waals surface area (Å²) in [5.41, 5.74) is 2.25. The quantitative estimate of drug-likeness (QED) is 0.818. The Morgan fingerprint density at radius 3 is 2.44 bits per heavy atom. The molecule has 0 saturated carbocycles. The summed E-state index contributed by atoms with van der Waals surface area (Å²) in [7, 11) is 3.07. The lowest BCUT2D eigenvalue weighted by Gasteiger charge is -2.29. The van der Waals surface area contributed by atoms with Gasteiger partial charge in [-0.05, 0) is 36.3 Å². The maximum atomic E-state index is 13.3. The highest BCUT2D eigenvalue weighted by Gasteiger charge is 2.42. The number of halogens is 1. The molecule has 2 aliphatic heterocycles. The van der Waals surface area contributed by atoms with E-state index < -0.39 is 5.54 Å². The van der Waals surface area contributed by atoms with Gasteiger partial charge in [-0.1, -0.05) is 12.1 Å². The fourth-order valence-electron chi connectivity index (χ4n) is 3.54. The largest absolute Gasteiger partial charge is 0.493 e. The number of amides is 1. The number of carbonyl (C=O) groups excluding carboxylic acids is 1. The predicted octanol–water partition coefficient (Wildman–Crippen LogP) is 4.20. The molecule has 2 aliphatic rings. The van der Waals surface area contributed by atoms with E-state index >= 15 is 0 Å². The molecule has 0 saturated heterocycles. The molecule has 2 aromatic carbocycles. The molecule has 4 rings (SSSR count). The van der Waals surface area contributed by atoms with Crippen molar-refractivity contribution in [2.24, 2.45) is 4.99 Å². The highest BCUT2D eigenvalue weighted by atomic mass is 19.1. The molecule has 0 spiro atoms. The van der Waals surface area contributed by atoms with Crippen molar-refractivity contribution in [3.8, 4) is 11.5 Å². The number of nitrogens with zero attached hydrogens (tertiary/aromatic N) is 2. The van der Waals surface area contributed by atoms with Gasteiger partial charge in [-0.15, -0.1) is 0 Å². The molecule has 1 atom stereocenters. The zero-order valence-corrected chi connectivity index (χ0v) is 15.3. The van der Waals surface area contributed by atoms with Crippen molar-refractivity contribution in [1.82, 2.24) is 4.90 Å². The number of aliphatic imine (C=N–C) groups is 1. The number of benzene rings is 2. The Morgan fingerprint density at radius 1 is 1.11 bits per heavy atom. The first-order chi connectivity index (χ1) is 12.9. The average Bonchev–Trinajstić information content (AvgIpc) is 2.99. The number of hydrogen-bond donors (Lipinski definition) is 0. The Morgan fingerprint density at radius 2 is 1.78 bits per heavy atom. The van der Waals surface area contributed by atoms with E-state index in [1.54, 1.807) is 42.5 Å². The van der Waals surface area contributed by atoms with Crippen LogP contribution >= 0.6 is 0 Å². The van der Waals surface area contributed by atoms with Crippen LogP contribution in [0.5, 0.6) is 11.5 Å². The minimum atomic E-state index is -0.597. The molecule has 0 bridgehead atoms. The standard InChI is InChI=1S/C21H19FN2O3/c1-21-10-14(13-4-6-15(22)7-5-13)11-24(21)20(25)16-8-18(26-2)19(27-3)9-17(16)23-12-21/h4-9,11-12H,10H2,1-3H3. The van der Waals surface area contributed by atoms with Crippen LogP contribution in [0.1, 0.15) is 29.3 Å². The molecular weight excluding hydrogens is 347 g/mol. The SMILES string of the molecule is COc1cc2c(cc1OC)C(=O)N1C=C(c3ccc(F)cc3)CC1(C)C=N2. The summed E-state index contributed by atoms with van der Waals surface area (Å²) in [6, 6.07) is 9.65. The van der Waals surface area contributed by atoms with Crippen LogP contribution in [-0.2, 0) is 0 Å². The Kier molecular flexibility index (Phi) is 3.98. The molecule has 27 heavy (non-hydrogen) atoms. The third-order valence-electron chi connectivity index (χ3n) is 5.03. The zero-order chi connectivity index (χ0) is 19.2. The fraction of sp³-hybridized carbons (Fsp3) is 0.238. The highest BCUT2D eigenvalue weighted by molar-refractivity contribution is 6.06. The molecule has 1 amide bonds. The van der Waals surface area contributed by atoms with Gasteiger partial charge in [0.25, 0.3) is 5.91 Å². The summed E-state index contributed by atoms with van der Waals surface area (Å²) >= 11 is 0. The highest BCUT2D eigenvalue weighted by Crippen LogP contribution is 2.43. The van der Waals surface area contributed by atoms with Crippen LogP contribution in [0.15, 0.2) is 47.6 Å². The van der Waals surface area contributed by atoms with Crippen molar-refractivity contribution in [1.29, 1.82) is 0 Å². The third-order valence-corrected chi connectivity index (χ3v) is 5.03. The first-order valence-corrected chi connectivity index (χ1v) is 8.57. The van der Waals surface area contributed by atoms with Gasteiger partial charge in [0.15, 0.2) is 11.5 Å². The van der Waals surface area contributed by atoms with Gasteiger partial charge in [0.05, 0.1) is 31.0 Å². The van der Waals surface area contributed by atoms with Gasteiger partial charge in [-0.3, -0.25) is 9.79 Å². The lowest BCUT2D eigenvalue weighted by atomic mass is 9.93. The summed E-state index contributed by atoms with van der Waals surface area (Å²) in [5.74, 6) is 0.551. The molecule has 0 aromatic heterocycles. The van der Waals surface area contributed by atoms with Crippen LogP contribution in [0.2, 0.25) is 0 Å². The minimum absolute atomic E-state index is 0.164. The minimum Gasteiger partial charge on any atom is -0.493 e. The van der Waals surface area contributed by atoms with Gasteiger partial charge in [-0.25, -0.2) is 4.39 Å². The van der Waals surface area contributed by atoms with E-state index in [-0.39, 0.29) is 11.7 Å². The molecule has 2 heterocycles. The molecule has 0 radical (unpaired) electrons. The number of fused-ring (bicyclic) bond motifs is 2. The van der Waals surface area contributed by atoms with Crippen LogP contribution in [0, 0.1) is 5.82 Å². The molecule has 0 aliphatic carbocycles. The molecule has 6 heteroatoms. The van der Waals surface area contributed by atoms with E-state index in [0.29, 0.717) is 29.2 Å². The van der Waals surface area contributed by atoms with Crippen molar-refractivity contribution in [3.05, 3.63) is 59.5 Å². The molecule has 2 aromatic rings. The Bertz CT molecular complexity index is 982. The maximum Gasteiger partial charge on any atom is 0.260 e. The van der Waals surface area contributed by atoms with Crippen LogP contribution in [0.3, 0.4) is 0 Å². The smallest absolute Gasteiger partial charge is 0.260 e. The number of rotatable bonds is 3. The second kappa shape index (κ2) is 6.23. The summed E-state index contributed by atoms with van der Waals surface area (Å²) < 4.78 is 23.9. The van der Waals surface area contributed by atoms with Gasteiger partial charge in [0.2, 0.25) is 0 Å². The lowest BCUT2D eigenvalue weighted by molar-refractivity contribution is 0.0764. The van der Waals surface area contributed by atoms with E-state index in [4.69, 9.17) is 9.47 Å². The monoisotopic (exact) mass is 366 g/mol. The summed E-state index contributed by atoms with van der Waals surface area (Å²) in [6.45, 7) is 1.96. The van der Waals surface area contributed by atoms with Crippen molar-refractivity contribution in [2.45, 2.75) is 18.9 Å². The summed E-state index contributed by atoms with van der Waals surface area (Å²) in [5, 5.41) is 0. The number of methoxy groups -OCH3 is 2. The van der Waals surface area contributed by atoms with E-state index in [0.717, 1.165) is 11.1 Å². The molecule has 5 nitrogen and oxygen atoms in total. The first-order valence-electron chi connectivity index (χ1n) is 8.57. The number of hydrogen-bond acceptors (Lipinski definition) is 4. The first kappa shape index (κ1) is 17.3. The second-order valence-corrected chi connectivity index (χ2v) is 6.85. The Labute approximate surface area is 156 Å². The van der Waals surface area contributed by atoms with Crippen molar-refractivity contribution < 1.29 is 18.7 Å². The number of carbonyl (C=O) groups is 1. The molecule has 0 fully saturated rings. The number of ether oxygens (including phenoxy) is 2. The van der Waals surface area contributed by atoms with E-state index in [1.807, 2.05) is 13.1 Å². The molecular formula is C21H19FN2O3. The van der Waals surface area contributed by atoms with Crippen molar-refractivity contribution >= 4 is 23.4 Å². The molecule has 1 unspecified atom stereocenters. The summed E-state index contributed by atoms with van der Waals surface area (Å²) in [4.78, 5) is 19.5. The van der Waals surface area contributed by atoms with Crippen molar-refractivity contribution in [2.75, 3.05) is 14.2 Å². The average molecular weight is 366 g/mol. The van der Waals surface area contributed by atoms with Gasteiger partial charge in [0.1, 0.15) is 5.82 Å². The van der Waals surface area contributed by atoms with Crippen LogP contribution < -0.4 is 9.47 Å². The van der Waals surface area contributed by atoms with E-state index in [9.17, 15) is 9.18 Å². The van der Waals surface area contributed by atoms with Gasteiger partial charge in [0, 0.05) is 24.9 Å². The third kappa shape index (κ3) is 2.77. The fourth-order valence-corrected chi connectivity index (χ4v) is 3.54. The molecule has 0 N–H and O–H groups in total. The Hall–Kier alpha value is -3.15. The summed E-state index contributed by atoms with van der Waals surface area (Å²) in [6.07, 6.45) is 4.21. The zero-order valence-electron chi connectivity index (χ0n) is 15.3. The Balaban J connectivity index is 1.78. The van der Waals surface area contributed by atoms with E-state index in [2.05, 4.69) is 4.99 Å².